The lowest BCUT2D eigenvalue weighted by Gasteiger charge is -1.99. The van der Waals surface area contributed by atoms with E-state index < -0.39 is 10.0 Å². The zero-order chi connectivity index (χ0) is 11.8. The second kappa shape index (κ2) is 3.91. The fraction of sp³-hybridized carbons (Fsp3) is 0.222. The van der Waals surface area contributed by atoms with Crippen molar-refractivity contribution in [2.24, 2.45) is 0 Å². The Labute approximate surface area is 97.6 Å². The molecule has 2 heterocycles. The molecular weight excluding hydrogens is 246 g/mol. The van der Waals surface area contributed by atoms with Crippen molar-refractivity contribution in [3.8, 4) is 0 Å². The van der Waals surface area contributed by atoms with Gasteiger partial charge in [0, 0.05) is 17.1 Å². The number of hydrogen-bond donors (Lipinski definition) is 1. The summed E-state index contributed by atoms with van der Waals surface area (Å²) in [6, 6.07) is 4.85. The van der Waals surface area contributed by atoms with Crippen LogP contribution in [0.25, 0.3) is 0 Å². The van der Waals surface area contributed by atoms with Crippen LogP contribution in [0.2, 0.25) is 0 Å². The minimum atomic E-state index is -3.56. The van der Waals surface area contributed by atoms with E-state index in [1.165, 1.54) is 23.6 Å². The summed E-state index contributed by atoms with van der Waals surface area (Å²) in [6.45, 7) is 1.98. The maximum Gasteiger partial charge on any atom is 0.292 e. The van der Waals surface area contributed by atoms with Gasteiger partial charge < -0.3 is 5.73 Å². The van der Waals surface area contributed by atoms with E-state index in [9.17, 15) is 8.42 Å². The van der Waals surface area contributed by atoms with Crippen LogP contribution >= 0.6 is 11.3 Å². The molecule has 0 saturated carbocycles. The van der Waals surface area contributed by atoms with Crippen LogP contribution in [-0.4, -0.2) is 17.6 Å². The van der Waals surface area contributed by atoms with E-state index in [2.05, 4.69) is 5.10 Å². The van der Waals surface area contributed by atoms with Gasteiger partial charge in [0.25, 0.3) is 10.0 Å². The third-order valence-electron chi connectivity index (χ3n) is 2.07. The van der Waals surface area contributed by atoms with Crippen molar-refractivity contribution in [3.63, 3.8) is 0 Å². The number of nitrogens with two attached hydrogens (primary N) is 1. The van der Waals surface area contributed by atoms with E-state index in [1.54, 1.807) is 6.07 Å². The lowest BCUT2D eigenvalue weighted by molar-refractivity contribution is 0.582. The van der Waals surface area contributed by atoms with Gasteiger partial charge >= 0.3 is 0 Å². The second-order valence-corrected chi connectivity index (χ2v) is 6.38. The van der Waals surface area contributed by atoms with E-state index in [4.69, 9.17) is 5.73 Å². The van der Waals surface area contributed by atoms with Crippen molar-refractivity contribution in [2.75, 3.05) is 5.73 Å². The first-order valence-corrected chi connectivity index (χ1v) is 6.95. The van der Waals surface area contributed by atoms with Crippen LogP contribution in [0.4, 0.5) is 5.82 Å². The minimum Gasteiger partial charge on any atom is -0.382 e. The minimum absolute atomic E-state index is 0.191. The summed E-state index contributed by atoms with van der Waals surface area (Å²) in [7, 11) is -3.56. The quantitative estimate of drug-likeness (QED) is 0.899. The zero-order valence-corrected chi connectivity index (χ0v) is 10.3. The fourth-order valence-electron chi connectivity index (χ4n) is 1.23. The Morgan fingerprint density at radius 1 is 1.44 bits per heavy atom. The maximum absolute atomic E-state index is 12.0. The largest absolute Gasteiger partial charge is 0.382 e. The standard InChI is InChI=1S/C9H11N3O2S2/c1-2-7-3-4-9(15-7)16(13,14)12-6-5-8(10)11-12/h3-6H,2H2,1H3,(H2,10,11). The molecule has 0 amide bonds. The molecule has 2 aromatic heterocycles. The molecule has 0 aliphatic rings. The number of nitrogens with zero attached hydrogens (tertiary/aromatic N) is 2. The number of aryl methyl sites for hydroxylation is 1. The van der Waals surface area contributed by atoms with E-state index in [1.807, 2.05) is 13.0 Å². The summed E-state index contributed by atoms with van der Waals surface area (Å²) in [5.74, 6) is 0.191. The van der Waals surface area contributed by atoms with Crippen LogP contribution in [0.1, 0.15) is 11.8 Å². The van der Waals surface area contributed by atoms with Crippen molar-refractivity contribution in [1.82, 2.24) is 9.19 Å². The van der Waals surface area contributed by atoms with E-state index in [0.29, 0.717) is 0 Å². The molecule has 0 unspecified atom stereocenters. The van der Waals surface area contributed by atoms with E-state index in [0.717, 1.165) is 15.4 Å². The average Bonchev–Trinajstić information content (AvgIpc) is 2.85. The first-order valence-electron chi connectivity index (χ1n) is 4.69. The monoisotopic (exact) mass is 257 g/mol. The Balaban J connectivity index is 2.46. The molecule has 0 radical (unpaired) electrons. The Morgan fingerprint density at radius 2 is 2.19 bits per heavy atom. The van der Waals surface area contributed by atoms with Gasteiger partial charge in [0.05, 0.1) is 0 Å². The fourth-order valence-corrected chi connectivity index (χ4v) is 3.73. The molecule has 2 N–H and O–H groups in total. The Kier molecular flexibility index (Phi) is 2.73. The molecule has 16 heavy (non-hydrogen) atoms. The lowest BCUT2D eigenvalue weighted by atomic mass is 10.4. The third-order valence-corrected chi connectivity index (χ3v) is 5.32. The third kappa shape index (κ3) is 1.83. The summed E-state index contributed by atoms with van der Waals surface area (Å²) < 4.78 is 25.2. The van der Waals surface area contributed by atoms with Crippen LogP contribution in [-0.2, 0) is 16.4 Å². The van der Waals surface area contributed by atoms with Crippen molar-refractivity contribution in [3.05, 3.63) is 29.3 Å². The molecular formula is C9H11N3O2S2. The highest BCUT2D eigenvalue weighted by molar-refractivity contribution is 7.91. The van der Waals surface area contributed by atoms with Gasteiger partial charge in [-0.15, -0.1) is 16.4 Å². The summed E-state index contributed by atoms with van der Waals surface area (Å²) in [5, 5.41) is 3.71. The van der Waals surface area contributed by atoms with Gasteiger partial charge in [-0.05, 0) is 18.6 Å². The number of thiophene rings is 1. The molecule has 0 bridgehead atoms. The number of nitrogen functional groups attached to an aromatic ring is 1. The van der Waals surface area contributed by atoms with Crippen molar-refractivity contribution >= 4 is 27.2 Å². The predicted molar refractivity (Wildman–Crippen MR) is 62.9 cm³/mol. The van der Waals surface area contributed by atoms with Crippen LogP contribution in [0.5, 0.6) is 0 Å². The predicted octanol–water partition coefficient (Wildman–Crippen LogP) is 1.33. The molecule has 2 rings (SSSR count). The lowest BCUT2D eigenvalue weighted by Crippen LogP contribution is -2.12. The van der Waals surface area contributed by atoms with Crippen molar-refractivity contribution < 1.29 is 8.42 Å². The van der Waals surface area contributed by atoms with E-state index >= 15 is 0 Å². The van der Waals surface area contributed by atoms with Crippen LogP contribution in [0.3, 0.4) is 0 Å². The molecule has 86 valence electrons. The summed E-state index contributed by atoms with van der Waals surface area (Å²) in [4.78, 5) is 1.03. The summed E-state index contributed by atoms with van der Waals surface area (Å²) in [6.07, 6.45) is 2.16. The number of anilines is 1. The molecule has 0 aliphatic carbocycles. The highest BCUT2D eigenvalue weighted by Crippen LogP contribution is 2.23. The van der Waals surface area contributed by atoms with Gasteiger partial charge in [0.15, 0.2) is 0 Å². The molecule has 5 nitrogen and oxygen atoms in total. The zero-order valence-electron chi connectivity index (χ0n) is 8.62. The summed E-state index contributed by atoms with van der Waals surface area (Å²) >= 11 is 1.25. The highest BCUT2D eigenvalue weighted by Gasteiger charge is 2.19. The Morgan fingerprint density at radius 3 is 2.69 bits per heavy atom. The molecule has 7 heteroatoms. The van der Waals surface area contributed by atoms with Gasteiger partial charge in [-0.3, -0.25) is 0 Å². The molecule has 0 saturated heterocycles. The summed E-state index contributed by atoms with van der Waals surface area (Å²) in [5.41, 5.74) is 5.39. The van der Waals surface area contributed by atoms with Crippen molar-refractivity contribution in [1.29, 1.82) is 0 Å². The SMILES string of the molecule is CCc1ccc(S(=O)(=O)n2ccc(N)n2)s1. The van der Waals surface area contributed by atoms with E-state index in [-0.39, 0.29) is 10.0 Å². The van der Waals surface area contributed by atoms with Gasteiger partial charge in [0.1, 0.15) is 10.0 Å². The first kappa shape index (κ1) is 11.2. The molecule has 0 atom stereocenters. The number of rotatable bonds is 3. The van der Waals surface area contributed by atoms with Gasteiger partial charge in [-0.2, -0.15) is 12.5 Å². The topological polar surface area (TPSA) is 78.0 Å². The molecule has 0 aromatic carbocycles. The number of aromatic nitrogens is 2. The maximum atomic E-state index is 12.0. The van der Waals surface area contributed by atoms with Crippen LogP contribution in [0.15, 0.2) is 28.6 Å². The normalized spacial score (nSPS) is 11.8. The van der Waals surface area contributed by atoms with Gasteiger partial charge in [-0.1, -0.05) is 6.92 Å². The Hall–Kier alpha value is -1.34. The van der Waals surface area contributed by atoms with Crippen LogP contribution in [0, 0.1) is 0 Å². The second-order valence-electron chi connectivity index (χ2n) is 3.19. The molecule has 2 aromatic rings. The highest BCUT2D eigenvalue weighted by atomic mass is 32.2. The van der Waals surface area contributed by atoms with Crippen LogP contribution < -0.4 is 5.73 Å². The smallest absolute Gasteiger partial charge is 0.292 e. The van der Waals surface area contributed by atoms with Gasteiger partial charge in [-0.25, -0.2) is 0 Å². The Bertz CT molecular complexity index is 598. The van der Waals surface area contributed by atoms with Crippen molar-refractivity contribution in [2.45, 2.75) is 17.6 Å². The molecule has 0 spiro atoms. The van der Waals surface area contributed by atoms with Gasteiger partial charge in [0.2, 0.25) is 0 Å². The average molecular weight is 257 g/mol. The first-order chi connectivity index (χ1) is 7.54. The number of hydrogen-bond acceptors (Lipinski definition) is 5. The molecule has 0 aliphatic heterocycles. The molecule has 0 fully saturated rings.